The fourth-order valence-electron chi connectivity index (χ4n) is 1.42. The van der Waals surface area contributed by atoms with Crippen molar-refractivity contribution >= 4 is 21.9 Å². The van der Waals surface area contributed by atoms with Crippen LogP contribution in [-0.2, 0) is 0 Å². The minimum Gasteiger partial charge on any atom is -0.323 e. The van der Waals surface area contributed by atoms with Crippen molar-refractivity contribution in [3.8, 4) is 11.3 Å². The quantitative estimate of drug-likeness (QED) is 0.578. The number of halogens is 1. The van der Waals surface area contributed by atoms with Crippen molar-refractivity contribution in [2.45, 2.75) is 6.92 Å². The number of nitrogen functional groups attached to an aromatic ring is 1. The Hall–Kier alpha value is -1.33. The zero-order valence-electron chi connectivity index (χ0n) is 8.21. The third-order valence-corrected chi connectivity index (χ3v) is 2.70. The Morgan fingerprint density at radius 2 is 2.27 bits per heavy atom. The molecular weight excluding hydrogens is 256 g/mol. The fourth-order valence-corrected chi connectivity index (χ4v) is 1.78. The van der Waals surface area contributed by atoms with Crippen LogP contribution >= 0.6 is 15.9 Å². The van der Waals surface area contributed by atoms with Crippen molar-refractivity contribution in [1.29, 1.82) is 0 Å². The number of hydrazine groups is 1. The smallest absolute Gasteiger partial charge is 0.215 e. The van der Waals surface area contributed by atoms with Gasteiger partial charge in [0, 0.05) is 10.0 Å². The Kier molecular flexibility index (Phi) is 2.75. The molecule has 0 radical (unpaired) electrons. The van der Waals surface area contributed by atoms with Gasteiger partial charge in [0.1, 0.15) is 0 Å². The van der Waals surface area contributed by atoms with E-state index in [9.17, 15) is 0 Å². The van der Waals surface area contributed by atoms with Crippen LogP contribution in [0, 0.1) is 6.92 Å². The molecule has 2 aromatic rings. The van der Waals surface area contributed by atoms with E-state index in [4.69, 9.17) is 5.84 Å². The molecule has 0 saturated carbocycles. The van der Waals surface area contributed by atoms with Crippen molar-refractivity contribution in [2.24, 2.45) is 5.84 Å². The van der Waals surface area contributed by atoms with Crippen LogP contribution in [0.5, 0.6) is 0 Å². The molecule has 2 rings (SSSR count). The summed E-state index contributed by atoms with van der Waals surface area (Å²) in [5, 5.41) is 0. The maximum absolute atomic E-state index is 5.26. The predicted molar refractivity (Wildman–Crippen MR) is 64.3 cm³/mol. The van der Waals surface area contributed by atoms with E-state index < -0.39 is 0 Å². The second kappa shape index (κ2) is 4.04. The van der Waals surface area contributed by atoms with Crippen LogP contribution in [0.25, 0.3) is 11.3 Å². The standard InChI is InChI=1S/C10H11BrN4/c1-6-2-3-7(11)4-8(6)9-5-13-10(14-9)15-12/h2-5H,12H2,1H3,(H2,13,14,15). The van der Waals surface area contributed by atoms with Gasteiger partial charge in [0.05, 0.1) is 11.9 Å². The highest BCUT2D eigenvalue weighted by Crippen LogP contribution is 2.25. The Morgan fingerprint density at radius 3 is 2.93 bits per heavy atom. The van der Waals surface area contributed by atoms with Gasteiger partial charge in [-0.15, -0.1) is 0 Å². The van der Waals surface area contributed by atoms with E-state index in [0.717, 1.165) is 15.7 Å². The Balaban J connectivity index is 2.48. The molecule has 0 bridgehead atoms. The molecule has 0 aliphatic rings. The van der Waals surface area contributed by atoms with E-state index >= 15 is 0 Å². The van der Waals surface area contributed by atoms with E-state index in [0.29, 0.717) is 5.95 Å². The molecule has 0 spiro atoms. The number of imidazole rings is 1. The molecule has 1 aromatic carbocycles. The molecule has 0 fully saturated rings. The third kappa shape index (κ3) is 2.03. The van der Waals surface area contributed by atoms with Gasteiger partial charge in [-0.2, -0.15) is 0 Å². The monoisotopic (exact) mass is 266 g/mol. The number of benzene rings is 1. The van der Waals surface area contributed by atoms with Gasteiger partial charge in [-0.1, -0.05) is 22.0 Å². The summed E-state index contributed by atoms with van der Waals surface area (Å²) in [6.45, 7) is 2.05. The minimum atomic E-state index is 0.560. The van der Waals surface area contributed by atoms with Crippen molar-refractivity contribution in [3.05, 3.63) is 34.4 Å². The first kappa shape index (κ1) is 10.2. The molecule has 5 heteroatoms. The molecule has 0 unspecified atom stereocenters. The molecule has 0 aliphatic heterocycles. The summed E-state index contributed by atoms with van der Waals surface area (Å²) in [6.07, 6.45) is 1.75. The van der Waals surface area contributed by atoms with Crippen LogP contribution in [0.4, 0.5) is 5.95 Å². The highest BCUT2D eigenvalue weighted by Gasteiger charge is 2.05. The predicted octanol–water partition coefficient (Wildman–Crippen LogP) is 2.43. The largest absolute Gasteiger partial charge is 0.323 e. The lowest BCUT2D eigenvalue weighted by Gasteiger charge is -2.03. The van der Waals surface area contributed by atoms with E-state index in [1.807, 2.05) is 12.1 Å². The molecule has 4 nitrogen and oxygen atoms in total. The minimum absolute atomic E-state index is 0.560. The zero-order valence-corrected chi connectivity index (χ0v) is 9.80. The third-order valence-electron chi connectivity index (χ3n) is 2.20. The Morgan fingerprint density at radius 1 is 1.47 bits per heavy atom. The number of nitrogens with zero attached hydrogens (tertiary/aromatic N) is 1. The molecule has 4 N–H and O–H groups in total. The van der Waals surface area contributed by atoms with E-state index in [1.165, 1.54) is 5.56 Å². The van der Waals surface area contributed by atoms with Crippen LogP contribution < -0.4 is 11.3 Å². The summed E-state index contributed by atoms with van der Waals surface area (Å²) in [4.78, 5) is 7.15. The van der Waals surface area contributed by atoms with Gasteiger partial charge in [-0.3, -0.25) is 5.43 Å². The van der Waals surface area contributed by atoms with Gasteiger partial charge in [0.2, 0.25) is 5.95 Å². The number of H-pyrrole nitrogens is 1. The van der Waals surface area contributed by atoms with Gasteiger partial charge in [0.25, 0.3) is 0 Å². The Labute approximate surface area is 96.0 Å². The zero-order chi connectivity index (χ0) is 10.8. The molecule has 0 atom stereocenters. The number of hydrogen-bond donors (Lipinski definition) is 3. The molecule has 78 valence electrons. The molecule has 1 aromatic heterocycles. The number of aromatic nitrogens is 2. The first-order valence-electron chi connectivity index (χ1n) is 4.49. The SMILES string of the molecule is Cc1ccc(Br)cc1-c1cnc(NN)[nH]1. The highest BCUT2D eigenvalue weighted by molar-refractivity contribution is 9.10. The first-order chi connectivity index (χ1) is 7.20. The van der Waals surface area contributed by atoms with Gasteiger partial charge in [-0.25, -0.2) is 10.8 Å². The van der Waals surface area contributed by atoms with Gasteiger partial charge < -0.3 is 4.98 Å². The second-order valence-corrected chi connectivity index (χ2v) is 4.16. The van der Waals surface area contributed by atoms with Crippen LogP contribution in [0.3, 0.4) is 0 Å². The number of nitrogens with one attached hydrogen (secondary N) is 2. The summed E-state index contributed by atoms with van der Waals surface area (Å²) in [7, 11) is 0. The fraction of sp³-hybridized carbons (Fsp3) is 0.100. The van der Waals surface area contributed by atoms with E-state index in [2.05, 4.69) is 44.3 Å². The van der Waals surface area contributed by atoms with Gasteiger partial charge >= 0.3 is 0 Å². The van der Waals surface area contributed by atoms with Crippen molar-refractivity contribution in [1.82, 2.24) is 9.97 Å². The lowest BCUT2D eigenvalue weighted by molar-refractivity contribution is 1.20. The lowest BCUT2D eigenvalue weighted by atomic mass is 10.1. The topological polar surface area (TPSA) is 66.7 Å². The highest BCUT2D eigenvalue weighted by atomic mass is 79.9. The van der Waals surface area contributed by atoms with Crippen molar-refractivity contribution < 1.29 is 0 Å². The lowest BCUT2D eigenvalue weighted by Crippen LogP contribution is -2.07. The van der Waals surface area contributed by atoms with E-state index in [1.54, 1.807) is 6.20 Å². The van der Waals surface area contributed by atoms with Crippen LogP contribution in [0.2, 0.25) is 0 Å². The van der Waals surface area contributed by atoms with E-state index in [-0.39, 0.29) is 0 Å². The number of rotatable bonds is 2. The molecule has 1 heterocycles. The number of aromatic amines is 1. The average molecular weight is 267 g/mol. The molecule has 15 heavy (non-hydrogen) atoms. The van der Waals surface area contributed by atoms with Gasteiger partial charge in [-0.05, 0) is 24.6 Å². The van der Waals surface area contributed by atoms with Crippen LogP contribution in [0.15, 0.2) is 28.9 Å². The molecule has 0 aliphatic carbocycles. The van der Waals surface area contributed by atoms with Crippen molar-refractivity contribution in [2.75, 3.05) is 5.43 Å². The summed E-state index contributed by atoms with van der Waals surface area (Å²) >= 11 is 3.44. The second-order valence-electron chi connectivity index (χ2n) is 3.25. The van der Waals surface area contributed by atoms with Gasteiger partial charge in [0.15, 0.2) is 0 Å². The number of nitrogens with two attached hydrogens (primary N) is 1. The maximum Gasteiger partial charge on any atom is 0.215 e. The first-order valence-corrected chi connectivity index (χ1v) is 5.28. The molecule has 0 amide bonds. The number of aryl methyl sites for hydroxylation is 1. The summed E-state index contributed by atoms with van der Waals surface area (Å²) in [5.41, 5.74) is 5.71. The van der Waals surface area contributed by atoms with Crippen LogP contribution in [0.1, 0.15) is 5.56 Å². The van der Waals surface area contributed by atoms with Crippen LogP contribution in [-0.4, -0.2) is 9.97 Å². The Bertz CT molecular complexity index is 478. The number of anilines is 1. The normalized spacial score (nSPS) is 10.3. The average Bonchev–Trinajstić information content (AvgIpc) is 2.70. The summed E-state index contributed by atoms with van der Waals surface area (Å²) in [6, 6.07) is 6.11. The maximum atomic E-state index is 5.26. The summed E-state index contributed by atoms with van der Waals surface area (Å²) in [5.74, 6) is 5.82. The number of hydrogen-bond acceptors (Lipinski definition) is 3. The molecular formula is C10H11BrN4. The van der Waals surface area contributed by atoms with Crippen molar-refractivity contribution in [3.63, 3.8) is 0 Å². The summed E-state index contributed by atoms with van der Waals surface area (Å²) < 4.78 is 1.04. The molecule has 0 saturated heterocycles.